The molecular weight excluding hydrogens is 431 g/mol. The standard InChI is InChI=1S/C18H30N4O2.HI/c1-4-19-18(20-10-12-23-2)21-13-15-9-11-22(14-15)16-7-5-6-8-17(16)24-3;/h5-8,15H,4,9-14H2,1-3H3,(H2,19,20,21);1H. The highest BCUT2D eigenvalue weighted by Crippen LogP contribution is 2.31. The largest absolute Gasteiger partial charge is 0.495 e. The maximum absolute atomic E-state index is 5.48. The van der Waals surface area contributed by atoms with Gasteiger partial charge in [0.15, 0.2) is 5.96 Å². The first-order valence-corrected chi connectivity index (χ1v) is 8.67. The minimum absolute atomic E-state index is 0. The smallest absolute Gasteiger partial charge is 0.191 e. The fourth-order valence-electron chi connectivity index (χ4n) is 2.93. The first kappa shape index (κ1) is 21.8. The van der Waals surface area contributed by atoms with Crippen LogP contribution in [0.2, 0.25) is 0 Å². The molecule has 1 aliphatic heterocycles. The highest BCUT2D eigenvalue weighted by molar-refractivity contribution is 14.0. The Labute approximate surface area is 168 Å². The number of methoxy groups -OCH3 is 2. The van der Waals surface area contributed by atoms with Crippen LogP contribution in [0.3, 0.4) is 0 Å². The van der Waals surface area contributed by atoms with Crippen LogP contribution in [0, 0.1) is 5.92 Å². The molecule has 0 spiro atoms. The molecule has 6 nitrogen and oxygen atoms in total. The van der Waals surface area contributed by atoms with E-state index in [4.69, 9.17) is 14.5 Å². The van der Waals surface area contributed by atoms with Gasteiger partial charge in [0.1, 0.15) is 5.75 Å². The number of guanidine groups is 1. The number of rotatable bonds is 8. The molecule has 0 aromatic heterocycles. The Morgan fingerprint density at radius 1 is 1.28 bits per heavy atom. The van der Waals surface area contributed by atoms with Crippen LogP contribution in [0.4, 0.5) is 5.69 Å². The molecule has 7 heteroatoms. The summed E-state index contributed by atoms with van der Waals surface area (Å²) in [5.41, 5.74) is 1.18. The molecule has 0 radical (unpaired) electrons. The van der Waals surface area contributed by atoms with Crippen molar-refractivity contribution in [2.24, 2.45) is 10.9 Å². The van der Waals surface area contributed by atoms with Gasteiger partial charge in [0.05, 0.1) is 19.4 Å². The van der Waals surface area contributed by atoms with Crippen molar-refractivity contribution in [1.29, 1.82) is 0 Å². The van der Waals surface area contributed by atoms with Gasteiger partial charge in [-0.1, -0.05) is 12.1 Å². The third-order valence-corrected chi connectivity index (χ3v) is 4.16. The van der Waals surface area contributed by atoms with E-state index in [-0.39, 0.29) is 24.0 Å². The number of halogens is 1. The van der Waals surface area contributed by atoms with Crippen molar-refractivity contribution in [2.45, 2.75) is 13.3 Å². The van der Waals surface area contributed by atoms with E-state index in [1.807, 2.05) is 12.1 Å². The average Bonchev–Trinajstić information content (AvgIpc) is 3.08. The van der Waals surface area contributed by atoms with E-state index in [9.17, 15) is 0 Å². The zero-order valence-electron chi connectivity index (χ0n) is 15.5. The van der Waals surface area contributed by atoms with Crippen LogP contribution >= 0.6 is 24.0 Å². The maximum Gasteiger partial charge on any atom is 0.191 e. The third-order valence-electron chi connectivity index (χ3n) is 4.16. The zero-order valence-corrected chi connectivity index (χ0v) is 17.8. The van der Waals surface area contributed by atoms with E-state index in [1.165, 1.54) is 5.69 Å². The van der Waals surface area contributed by atoms with Gasteiger partial charge in [-0.15, -0.1) is 24.0 Å². The van der Waals surface area contributed by atoms with E-state index >= 15 is 0 Å². The second kappa shape index (κ2) is 12.2. The lowest BCUT2D eigenvalue weighted by atomic mass is 10.1. The number of para-hydroxylation sites is 2. The van der Waals surface area contributed by atoms with Crippen molar-refractivity contribution in [2.75, 3.05) is 58.5 Å². The summed E-state index contributed by atoms with van der Waals surface area (Å²) in [4.78, 5) is 7.11. The Bertz CT molecular complexity index is 528. The molecule has 1 saturated heterocycles. The van der Waals surface area contributed by atoms with E-state index in [1.54, 1.807) is 14.2 Å². The highest BCUT2D eigenvalue weighted by Gasteiger charge is 2.24. The summed E-state index contributed by atoms with van der Waals surface area (Å²) in [5, 5.41) is 6.56. The SMILES string of the molecule is CCNC(=NCC1CCN(c2ccccc2OC)C1)NCCOC.I. The summed E-state index contributed by atoms with van der Waals surface area (Å²) < 4.78 is 10.5. The molecule has 25 heavy (non-hydrogen) atoms. The number of hydrogen-bond acceptors (Lipinski definition) is 4. The van der Waals surface area contributed by atoms with Crippen LogP contribution in [-0.2, 0) is 4.74 Å². The minimum Gasteiger partial charge on any atom is -0.495 e. The maximum atomic E-state index is 5.48. The summed E-state index contributed by atoms with van der Waals surface area (Å²) in [5.74, 6) is 2.37. The lowest BCUT2D eigenvalue weighted by Gasteiger charge is -2.21. The molecule has 2 N–H and O–H groups in total. The topological polar surface area (TPSA) is 58.1 Å². The van der Waals surface area contributed by atoms with E-state index < -0.39 is 0 Å². The zero-order chi connectivity index (χ0) is 17.2. The normalized spacial score (nSPS) is 17.2. The number of nitrogens with zero attached hydrogens (tertiary/aromatic N) is 2. The van der Waals surface area contributed by atoms with E-state index in [2.05, 4.69) is 34.6 Å². The van der Waals surface area contributed by atoms with Crippen LogP contribution in [-0.4, -0.2) is 59.5 Å². The first-order valence-electron chi connectivity index (χ1n) is 8.67. The summed E-state index contributed by atoms with van der Waals surface area (Å²) in [7, 11) is 3.43. The molecule has 0 saturated carbocycles. The number of aliphatic imine (C=N–C) groups is 1. The number of anilines is 1. The molecule has 1 aromatic carbocycles. The van der Waals surface area contributed by atoms with Crippen molar-refractivity contribution in [1.82, 2.24) is 10.6 Å². The monoisotopic (exact) mass is 462 g/mol. The van der Waals surface area contributed by atoms with Crippen LogP contribution in [0.15, 0.2) is 29.3 Å². The molecule has 1 aliphatic rings. The molecular formula is C18H31IN4O2. The molecule has 2 rings (SSSR count). The minimum atomic E-state index is 0. The van der Waals surface area contributed by atoms with Gasteiger partial charge in [0.25, 0.3) is 0 Å². The number of nitrogens with one attached hydrogen (secondary N) is 2. The number of ether oxygens (including phenoxy) is 2. The molecule has 142 valence electrons. The predicted octanol–water partition coefficient (Wildman–Crippen LogP) is 2.34. The third kappa shape index (κ3) is 6.89. The Morgan fingerprint density at radius 3 is 2.80 bits per heavy atom. The molecule has 1 aromatic rings. The van der Waals surface area contributed by atoms with Gasteiger partial charge in [0, 0.05) is 39.8 Å². The quantitative estimate of drug-likeness (QED) is 0.269. The van der Waals surface area contributed by atoms with Crippen molar-refractivity contribution >= 4 is 35.6 Å². The molecule has 1 heterocycles. The lowest BCUT2D eigenvalue weighted by Crippen LogP contribution is -2.39. The van der Waals surface area contributed by atoms with Crippen molar-refractivity contribution in [3.05, 3.63) is 24.3 Å². The van der Waals surface area contributed by atoms with Gasteiger partial charge >= 0.3 is 0 Å². The average molecular weight is 462 g/mol. The van der Waals surface area contributed by atoms with Crippen LogP contribution < -0.4 is 20.3 Å². The van der Waals surface area contributed by atoms with Crippen LogP contribution in [0.5, 0.6) is 5.75 Å². The molecule has 0 amide bonds. The fourth-order valence-corrected chi connectivity index (χ4v) is 2.93. The number of benzene rings is 1. The van der Waals surface area contributed by atoms with E-state index in [0.717, 1.165) is 50.9 Å². The highest BCUT2D eigenvalue weighted by atomic mass is 127. The van der Waals surface area contributed by atoms with Crippen LogP contribution in [0.1, 0.15) is 13.3 Å². The van der Waals surface area contributed by atoms with Gasteiger partial charge in [-0.05, 0) is 31.4 Å². The van der Waals surface area contributed by atoms with Gasteiger partial charge in [-0.25, -0.2) is 0 Å². The van der Waals surface area contributed by atoms with Crippen molar-refractivity contribution in [3.63, 3.8) is 0 Å². The molecule has 1 unspecified atom stereocenters. The molecule has 1 atom stereocenters. The first-order chi connectivity index (χ1) is 11.8. The van der Waals surface area contributed by atoms with Gasteiger partial charge in [-0.2, -0.15) is 0 Å². The molecule has 0 bridgehead atoms. The lowest BCUT2D eigenvalue weighted by molar-refractivity contribution is 0.203. The summed E-state index contributed by atoms with van der Waals surface area (Å²) >= 11 is 0. The second-order valence-corrected chi connectivity index (χ2v) is 5.91. The Balaban J connectivity index is 0.00000312. The molecule has 1 fully saturated rings. The summed E-state index contributed by atoms with van der Waals surface area (Å²) in [6, 6.07) is 8.21. The Hall–Kier alpha value is -1.22. The van der Waals surface area contributed by atoms with Crippen LogP contribution in [0.25, 0.3) is 0 Å². The second-order valence-electron chi connectivity index (χ2n) is 5.91. The molecule has 0 aliphatic carbocycles. The Kier molecular flexibility index (Phi) is 10.6. The van der Waals surface area contributed by atoms with E-state index in [0.29, 0.717) is 12.5 Å². The van der Waals surface area contributed by atoms with Gasteiger partial charge in [-0.3, -0.25) is 4.99 Å². The fraction of sp³-hybridized carbons (Fsp3) is 0.611. The predicted molar refractivity (Wildman–Crippen MR) is 115 cm³/mol. The van der Waals surface area contributed by atoms with Crippen molar-refractivity contribution < 1.29 is 9.47 Å². The summed E-state index contributed by atoms with van der Waals surface area (Å²) in [6.45, 7) is 7.27. The van der Waals surface area contributed by atoms with Crippen molar-refractivity contribution in [3.8, 4) is 5.75 Å². The van der Waals surface area contributed by atoms with Gasteiger partial charge < -0.3 is 25.0 Å². The van der Waals surface area contributed by atoms with Gasteiger partial charge in [0.2, 0.25) is 0 Å². The summed E-state index contributed by atoms with van der Waals surface area (Å²) in [6.07, 6.45) is 1.15. The number of hydrogen-bond donors (Lipinski definition) is 2. The Morgan fingerprint density at radius 2 is 2.08 bits per heavy atom.